The molecule has 0 amide bonds. The Morgan fingerprint density at radius 3 is 2.74 bits per heavy atom. The van der Waals surface area contributed by atoms with Crippen LogP contribution in [0.1, 0.15) is 26.2 Å². The highest BCUT2D eigenvalue weighted by molar-refractivity contribution is 8.14. The smallest absolute Gasteiger partial charge is 0.186 e. The summed E-state index contributed by atoms with van der Waals surface area (Å²) in [6.45, 7) is 3.45. The molecule has 0 aromatic rings. The van der Waals surface area contributed by atoms with Crippen LogP contribution in [0, 0.1) is 0 Å². The fraction of sp³-hybridized carbons (Fsp3) is 0.923. The molecular weight excluding hydrogens is 268 g/mol. The maximum atomic E-state index is 11.2. The average molecular weight is 288 g/mol. The molecule has 0 N–H and O–H groups in total. The van der Waals surface area contributed by atoms with Gasteiger partial charge in [-0.3, -0.25) is 4.79 Å². The first-order chi connectivity index (χ1) is 9.24. The summed E-state index contributed by atoms with van der Waals surface area (Å²) in [6, 6.07) is 0. The Morgan fingerprint density at radius 1 is 1.16 bits per heavy atom. The summed E-state index contributed by atoms with van der Waals surface area (Å²) in [5.74, 6) is 0. The van der Waals surface area contributed by atoms with E-state index in [9.17, 15) is 4.79 Å². The largest absolute Gasteiger partial charge is 0.371 e. The van der Waals surface area contributed by atoms with Crippen molar-refractivity contribution < 1.29 is 23.7 Å². The lowest BCUT2D eigenvalue weighted by Gasteiger charge is -2.27. The molecule has 0 saturated carbocycles. The molecule has 3 heterocycles. The molecule has 0 aliphatic carbocycles. The topological polar surface area (TPSA) is 54.0 Å². The quantitative estimate of drug-likeness (QED) is 0.781. The van der Waals surface area contributed by atoms with Crippen LogP contribution in [-0.4, -0.2) is 54.8 Å². The highest BCUT2D eigenvalue weighted by Crippen LogP contribution is 2.36. The molecule has 3 fully saturated rings. The highest BCUT2D eigenvalue weighted by atomic mass is 32.2. The molecule has 3 aliphatic rings. The number of thioether (sulfide) groups is 1. The van der Waals surface area contributed by atoms with Crippen LogP contribution in [0.5, 0.6) is 0 Å². The number of hydrogen-bond donors (Lipinski definition) is 0. The lowest BCUT2D eigenvalue weighted by atomic mass is 10.1. The van der Waals surface area contributed by atoms with Gasteiger partial charge in [0.1, 0.15) is 18.3 Å². The molecule has 5 nitrogen and oxygen atoms in total. The molecule has 0 radical (unpaired) electrons. The van der Waals surface area contributed by atoms with Crippen LogP contribution in [0.4, 0.5) is 0 Å². The van der Waals surface area contributed by atoms with E-state index in [1.165, 1.54) is 11.8 Å². The molecule has 3 rings (SSSR count). The van der Waals surface area contributed by atoms with E-state index in [4.69, 9.17) is 18.9 Å². The number of carbonyl (C=O) groups is 1. The van der Waals surface area contributed by atoms with Crippen LogP contribution in [0.2, 0.25) is 0 Å². The zero-order chi connectivity index (χ0) is 13.2. The normalized spacial score (nSPS) is 42.3. The number of hydrogen-bond acceptors (Lipinski definition) is 6. The second kappa shape index (κ2) is 6.10. The standard InChI is InChI=1S/C13H20O5S/c1-8(14)19-10-7-17-12-9(6-16-13(10)12)18-11-4-2-3-5-15-11/h9-13H,2-7H2,1H3/t9-,10+,11?,12-,13-/m1/s1. The van der Waals surface area contributed by atoms with Crippen molar-refractivity contribution in [2.45, 2.75) is 56.0 Å². The van der Waals surface area contributed by atoms with Crippen molar-refractivity contribution in [1.82, 2.24) is 0 Å². The molecule has 108 valence electrons. The van der Waals surface area contributed by atoms with Crippen molar-refractivity contribution in [3.8, 4) is 0 Å². The van der Waals surface area contributed by atoms with E-state index in [1.54, 1.807) is 6.92 Å². The van der Waals surface area contributed by atoms with Crippen molar-refractivity contribution in [2.24, 2.45) is 0 Å². The summed E-state index contributed by atoms with van der Waals surface area (Å²) in [4.78, 5) is 11.2. The number of carbonyl (C=O) groups excluding carboxylic acids is 1. The van der Waals surface area contributed by atoms with Crippen LogP contribution in [0.3, 0.4) is 0 Å². The molecule has 5 atom stereocenters. The van der Waals surface area contributed by atoms with E-state index in [1.807, 2.05) is 0 Å². The Morgan fingerprint density at radius 2 is 2.00 bits per heavy atom. The molecule has 19 heavy (non-hydrogen) atoms. The summed E-state index contributed by atoms with van der Waals surface area (Å²) in [5.41, 5.74) is 0. The van der Waals surface area contributed by atoms with Crippen molar-refractivity contribution in [3.63, 3.8) is 0 Å². The van der Waals surface area contributed by atoms with E-state index in [0.29, 0.717) is 13.2 Å². The number of ether oxygens (including phenoxy) is 4. The summed E-state index contributed by atoms with van der Waals surface area (Å²) >= 11 is 1.31. The minimum absolute atomic E-state index is 0.0255. The molecule has 0 aromatic carbocycles. The third-order valence-corrected chi connectivity index (χ3v) is 4.78. The van der Waals surface area contributed by atoms with Crippen LogP contribution < -0.4 is 0 Å². The minimum Gasteiger partial charge on any atom is -0.371 e. The molecule has 3 saturated heterocycles. The van der Waals surface area contributed by atoms with Gasteiger partial charge in [0.25, 0.3) is 0 Å². The fourth-order valence-electron chi connectivity index (χ4n) is 2.87. The van der Waals surface area contributed by atoms with Gasteiger partial charge < -0.3 is 18.9 Å². The van der Waals surface area contributed by atoms with E-state index in [-0.39, 0.29) is 35.0 Å². The maximum absolute atomic E-state index is 11.2. The molecule has 0 bridgehead atoms. The first-order valence-corrected chi connectivity index (χ1v) is 7.79. The van der Waals surface area contributed by atoms with Gasteiger partial charge in [-0.05, 0) is 19.3 Å². The second-order valence-corrected chi connectivity index (χ2v) is 6.63. The summed E-state index contributed by atoms with van der Waals surface area (Å²) < 4.78 is 23.1. The lowest BCUT2D eigenvalue weighted by Crippen LogP contribution is -2.36. The SMILES string of the molecule is CC(=O)S[C@H]1CO[C@H]2[C@@H]1OC[C@H]2OC1CCCCO1. The van der Waals surface area contributed by atoms with Gasteiger partial charge in [0, 0.05) is 13.5 Å². The van der Waals surface area contributed by atoms with Crippen molar-refractivity contribution in [2.75, 3.05) is 19.8 Å². The van der Waals surface area contributed by atoms with Gasteiger partial charge in [-0.2, -0.15) is 0 Å². The third kappa shape index (κ3) is 3.13. The predicted octanol–water partition coefficient (Wildman–Crippen LogP) is 1.34. The summed E-state index contributed by atoms with van der Waals surface area (Å²) in [6.07, 6.45) is 2.94. The molecule has 1 unspecified atom stereocenters. The van der Waals surface area contributed by atoms with Crippen molar-refractivity contribution in [3.05, 3.63) is 0 Å². The Bertz CT molecular complexity index is 331. The fourth-order valence-corrected chi connectivity index (χ4v) is 3.81. The van der Waals surface area contributed by atoms with E-state index >= 15 is 0 Å². The van der Waals surface area contributed by atoms with Gasteiger partial charge in [-0.1, -0.05) is 11.8 Å². The van der Waals surface area contributed by atoms with Gasteiger partial charge in [0.15, 0.2) is 11.4 Å². The highest BCUT2D eigenvalue weighted by Gasteiger charge is 2.49. The molecular formula is C13H20O5S. The third-order valence-electron chi connectivity index (χ3n) is 3.74. The average Bonchev–Trinajstić information content (AvgIpc) is 2.95. The first-order valence-electron chi connectivity index (χ1n) is 6.91. The van der Waals surface area contributed by atoms with Gasteiger partial charge >= 0.3 is 0 Å². The Balaban J connectivity index is 1.54. The van der Waals surface area contributed by atoms with Crippen molar-refractivity contribution >= 4 is 16.9 Å². The number of fused-ring (bicyclic) bond motifs is 1. The van der Waals surface area contributed by atoms with Crippen LogP contribution >= 0.6 is 11.8 Å². The summed E-state index contributed by atoms with van der Waals surface area (Å²) in [7, 11) is 0. The Kier molecular flexibility index (Phi) is 4.44. The van der Waals surface area contributed by atoms with Gasteiger partial charge in [0.2, 0.25) is 0 Å². The van der Waals surface area contributed by atoms with Gasteiger partial charge in [-0.15, -0.1) is 0 Å². The molecule has 0 aromatic heterocycles. The zero-order valence-electron chi connectivity index (χ0n) is 11.1. The predicted molar refractivity (Wildman–Crippen MR) is 70.0 cm³/mol. The maximum Gasteiger partial charge on any atom is 0.186 e. The Labute approximate surface area is 117 Å². The van der Waals surface area contributed by atoms with Gasteiger partial charge in [-0.25, -0.2) is 0 Å². The minimum atomic E-state index is -0.121. The van der Waals surface area contributed by atoms with E-state index in [0.717, 1.165) is 25.9 Å². The van der Waals surface area contributed by atoms with E-state index < -0.39 is 0 Å². The van der Waals surface area contributed by atoms with Crippen LogP contribution in [0.25, 0.3) is 0 Å². The zero-order valence-corrected chi connectivity index (χ0v) is 11.9. The molecule has 6 heteroatoms. The first kappa shape index (κ1) is 13.8. The summed E-state index contributed by atoms with van der Waals surface area (Å²) in [5, 5.41) is 0.209. The Hall–Kier alpha value is -0.140. The van der Waals surface area contributed by atoms with Crippen LogP contribution in [-0.2, 0) is 23.7 Å². The van der Waals surface area contributed by atoms with E-state index in [2.05, 4.69) is 0 Å². The molecule has 3 aliphatic heterocycles. The van der Waals surface area contributed by atoms with Crippen molar-refractivity contribution in [1.29, 1.82) is 0 Å². The number of rotatable bonds is 3. The molecule has 0 spiro atoms. The van der Waals surface area contributed by atoms with Gasteiger partial charge in [0.05, 0.1) is 18.5 Å². The second-order valence-electron chi connectivity index (χ2n) is 5.21. The monoisotopic (exact) mass is 288 g/mol. The lowest BCUT2D eigenvalue weighted by molar-refractivity contribution is -0.201. The van der Waals surface area contributed by atoms with Crippen LogP contribution in [0.15, 0.2) is 0 Å².